The zero-order valence-corrected chi connectivity index (χ0v) is 10.7. The van der Waals surface area contributed by atoms with Gasteiger partial charge in [-0.25, -0.2) is 0 Å². The van der Waals surface area contributed by atoms with Gasteiger partial charge in [-0.3, -0.25) is 4.79 Å². The molecule has 0 unspecified atom stereocenters. The van der Waals surface area contributed by atoms with E-state index in [-0.39, 0.29) is 12.5 Å². The minimum absolute atomic E-state index is 0.0825. The first kappa shape index (κ1) is 12.1. The number of carbonyl (C=O) groups excluding carboxylic acids is 1. The molecule has 1 amide bonds. The fourth-order valence-electron chi connectivity index (χ4n) is 1.57. The molecule has 0 aliphatic heterocycles. The summed E-state index contributed by atoms with van der Waals surface area (Å²) in [5.41, 5.74) is 0.0762. The summed E-state index contributed by atoms with van der Waals surface area (Å²) in [4.78, 5) is 12.1. The minimum Gasteiger partial charge on any atom is -0.394 e. The maximum atomic E-state index is 12.1. The number of nitrogens with one attached hydrogen (secondary N) is 1. The van der Waals surface area contributed by atoms with Crippen LogP contribution in [-0.2, 0) is 0 Å². The molecule has 1 aromatic heterocycles. The van der Waals surface area contributed by atoms with Gasteiger partial charge in [0.2, 0.25) is 0 Å². The van der Waals surface area contributed by atoms with Gasteiger partial charge in [-0.05, 0) is 19.9 Å². The Labute approximate surface area is 104 Å². The smallest absolute Gasteiger partial charge is 0.253 e. The Bertz CT molecular complexity index is 545. The third-order valence-corrected chi connectivity index (χ3v) is 3.54. The molecule has 0 aliphatic carbocycles. The van der Waals surface area contributed by atoms with Crippen LogP contribution in [0.5, 0.6) is 0 Å². The topological polar surface area (TPSA) is 49.3 Å². The zero-order chi connectivity index (χ0) is 12.5. The van der Waals surface area contributed by atoms with Gasteiger partial charge in [0.05, 0.1) is 17.7 Å². The van der Waals surface area contributed by atoms with Crippen molar-refractivity contribution in [2.75, 3.05) is 6.61 Å². The second-order valence-electron chi connectivity index (χ2n) is 4.64. The lowest BCUT2D eigenvalue weighted by Gasteiger charge is -2.23. The molecule has 0 aliphatic rings. The van der Waals surface area contributed by atoms with Gasteiger partial charge in [0.15, 0.2) is 0 Å². The van der Waals surface area contributed by atoms with Crippen LogP contribution in [0.1, 0.15) is 24.2 Å². The molecule has 1 aromatic carbocycles. The molecule has 0 bridgehead atoms. The summed E-state index contributed by atoms with van der Waals surface area (Å²) >= 11 is 1.55. The highest BCUT2D eigenvalue weighted by Crippen LogP contribution is 2.25. The maximum absolute atomic E-state index is 12.1. The first-order valence-electron chi connectivity index (χ1n) is 5.43. The van der Waals surface area contributed by atoms with E-state index >= 15 is 0 Å². The number of carbonyl (C=O) groups is 1. The van der Waals surface area contributed by atoms with Crippen molar-refractivity contribution in [3.8, 4) is 0 Å². The average molecular weight is 249 g/mol. The van der Waals surface area contributed by atoms with E-state index in [1.165, 1.54) is 0 Å². The van der Waals surface area contributed by atoms with Gasteiger partial charge in [-0.2, -0.15) is 0 Å². The Balaban J connectivity index is 2.31. The van der Waals surface area contributed by atoms with Crippen LogP contribution in [0.25, 0.3) is 10.1 Å². The largest absolute Gasteiger partial charge is 0.394 e. The van der Waals surface area contributed by atoms with Crippen LogP contribution in [0.3, 0.4) is 0 Å². The van der Waals surface area contributed by atoms with E-state index < -0.39 is 5.54 Å². The molecule has 0 spiro atoms. The fraction of sp³-hybridized carbons (Fsp3) is 0.308. The molecular formula is C13H15NO2S. The van der Waals surface area contributed by atoms with Crippen LogP contribution in [-0.4, -0.2) is 23.2 Å². The summed E-state index contributed by atoms with van der Waals surface area (Å²) < 4.78 is 1.10. The molecule has 0 saturated heterocycles. The normalized spacial score (nSPS) is 11.7. The lowest BCUT2D eigenvalue weighted by Crippen LogP contribution is -2.46. The lowest BCUT2D eigenvalue weighted by molar-refractivity contribution is 0.0871. The minimum atomic E-state index is -0.597. The van der Waals surface area contributed by atoms with E-state index in [4.69, 9.17) is 5.11 Å². The second kappa shape index (κ2) is 4.47. The van der Waals surface area contributed by atoms with Gasteiger partial charge in [0.1, 0.15) is 0 Å². The van der Waals surface area contributed by atoms with Gasteiger partial charge in [-0.15, -0.1) is 11.3 Å². The van der Waals surface area contributed by atoms with E-state index in [0.717, 1.165) is 10.1 Å². The Kier molecular flexibility index (Phi) is 3.17. The van der Waals surface area contributed by atoms with Gasteiger partial charge in [0, 0.05) is 15.5 Å². The van der Waals surface area contributed by atoms with Crippen molar-refractivity contribution < 1.29 is 9.90 Å². The number of rotatable bonds is 3. The van der Waals surface area contributed by atoms with E-state index in [1.807, 2.05) is 29.6 Å². The Hall–Kier alpha value is -1.39. The highest BCUT2D eigenvalue weighted by atomic mass is 32.1. The summed E-state index contributed by atoms with van der Waals surface area (Å²) in [7, 11) is 0. The standard InChI is InChI=1S/C13H15NO2S/c1-13(2,8-15)14-12(16)10-7-17-11-6-4-3-5-9(10)11/h3-7,15H,8H2,1-2H3,(H,14,16). The zero-order valence-electron chi connectivity index (χ0n) is 9.86. The third-order valence-electron chi connectivity index (χ3n) is 2.57. The van der Waals surface area contributed by atoms with Crippen molar-refractivity contribution in [3.63, 3.8) is 0 Å². The van der Waals surface area contributed by atoms with Crippen molar-refractivity contribution in [3.05, 3.63) is 35.2 Å². The first-order chi connectivity index (χ1) is 8.03. The predicted molar refractivity (Wildman–Crippen MR) is 70.5 cm³/mol. The summed E-state index contributed by atoms with van der Waals surface area (Å²) in [6.45, 7) is 3.50. The molecule has 0 fully saturated rings. The van der Waals surface area contributed by atoms with Crippen LogP contribution in [0.4, 0.5) is 0 Å². The number of hydrogen-bond donors (Lipinski definition) is 2. The van der Waals surface area contributed by atoms with Crippen LogP contribution < -0.4 is 5.32 Å². The molecule has 0 radical (unpaired) electrons. The summed E-state index contributed by atoms with van der Waals surface area (Å²) in [5.74, 6) is -0.137. The van der Waals surface area contributed by atoms with E-state index in [1.54, 1.807) is 25.2 Å². The highest BCUT2D eigenvalue weighted by molar-refractivity contribution is 7.17. The number of benzene rings is 1. The number of aliphatic hydroxyl groups excluding tert-OH is 1. The van der Waals surface area contributed by atoms with Gasteiger partial charge in [0.25, 0.3) is 5.91 Å². The average Bonchev–Trinajstić information content (AvgIpc) is 2.72. The molecule has 2 aromatic rings. The Morgan fingerprint density at radius 3 is 2.82 bits per heavy atom. The molecular weight excluding hydrogens is 234 g/mol. The summed E-state index contributed by atoms with van der Waals surface area (Å²) in [5, 5.41) is 14.8. The molecule has 1 heterocycles. The molecule has 90 valence electrons. The monoisotopic (exact) mass is 249 g/mol. The van der Waals surface area contributed by atoms with Crippen LogP contribution in [0.2, 0.25) is 0 Å². The number of hydrogen-bond acceptors (Lipinski definition) is 3. The molecule has 3 nitrogen and oxygen atoms in total. The van der Waals surface area contributed by atoms with Crippen LogP contribution >= 0.6 is 11.3 Å². The molecule has 2 N–H and O–H groups in total. The lowest BCUT2D eigenvalue weighted by atomic mass is 10.1. The second-order valence-corrected chi connectivity index (χ2v) is 5.55. The van der Waals surface area contributed by atoms with Gasteiger partial charge in [-0.1, -0.05) is 18.2 Å². The van der Waals surface area contributed by atoms with Crippen molar-refractivity contribution >= 4 is 27.3 Å². The quantitative estimate of drug-likeness (QED) is 0.877. The fourth-order valence-corrected chi connectivity index (χ4v) is 2.51. The highest BCUT2D eigenvalue weighted by Gasteiger charge is 2.21. The molecule has 0 atom stereocenters. The van der Waals surface area contributed by atoms with Gasteiger partial charge < -0.3 is 10.4 Å². The number of thiophene rings is 1. The van der Waals surface area contributed by atoms with E-state index in [2.05, 4.69) is 5.32 Å². The maximum Gasteiger partial charge on any atom is 0.253 e. The molecule has 4 heteroatoms. The number of fused-ring (bicyclic) bond motifs is 1. The van der Waals surface area contributed by atoms with Crippen LogP contribution in [0, 0.1) is 0 Å². The van der Waals surface area contributed by atoms with E-state index in [0.29, 0.717) is 5.56 Å². The Morgan fingerprint density at radius 2 is 2.12 bits per heavy atom. The van der Waals surface area contributed by atoms with Crippen molar-refractivity contribution in [1.29, 1.82) is 0 Å². The Morgan fingerprint density at radius 1 is 1.41 bits per heavy atom. The van der Waals surface area contributed by atoms with E-state index in [9.17, 15) is 4.79 Å². The third kappa shape index (κ3) is 2.48. The van der Waals surface area contributed by atoms with Gasteiger partial charge >= 0.3 is 0 Å². The van der Waals surface area contributed by atoms with Crippen LogP contribution in [0.15, 0.2) is 29.6 Å². The molecule has 0 saturated carbocycles. The van der Waals surface area contributed by atoms with Crippen molar-refractivity contribution in [2.24, 2.45) is 0 Å². The summed E-state index contributed by atoms with van der Waals surface area (Å²) in [6, 6.07) is 7.81. The number of amides is 1. The SMILES string of the molecule is CC(C)(CO)NC(=O)c1csc2ccccc12. The summed E-state index contributed by atoms with van der Waals surface area (Å²) in [6.07, 6.45) is 0. The van der Waals surface area contributed by atoms with Crippen molar-refractivity contribution in [1.82, 2.24) is 5.32 Å². The van der Waals surface area contributed by atoms with Crippen molar-refractivity contribution in [2.45, 2.75) is 19.4 Å². The number of aliphatic hydroxyl groups is 1. The predicted octanol–water partition coefficient (Wildman–Crippen LogP) is 2.40. The first-order valence-corrected chi connectivity index (χ1v) is 6.31. The molecule has 17 heavy (non-hydrogen) atoms. The molecule has 2 rings (SSSR count).